The standard InChI is InChI=1S/C25H29N3O3/c1-5-13-28(25(29)26-23-12-11-22(30-3)16-24(23)31-4)18-21-10-7-14-27(21)17-20-9-6-8-19(2)15-20/h5-12,14-16H,1,13,17-18H2,2-4H3,(H,26,29). The summed E-state index contributed by atoms with van der Waals surface area (Å²) in [6, 6.07) is 17.5. The van der Waals surface area contributed by atoms with E-state index in [1.54, 1.807) is 43.4 Å². The second kappa shape index (κ2) is 10.4. The molecule has 3 rings (SSSR count). The Labute approximate surface area is 183 Å². The predicted octanol–water partition coefficient (Wildman–Crippen LogP) is 5.08. The first-order valence-electron chi connectivity index (χ1n) is 10.1. The topological polar surface area (TPSA) is 55.7 Å². The van der Waals surface area contributed by atoms with Gasteiger partial charge in [-0.25, -0.2) is 4.79 Å². The van der Waals surface area contributed by atoms with Gasteiger partial charge in [-0.1, -0.05) is 35.9 Å². The van der Waals surface area contributed by atoms with E-state index in [2.05, 4.69) is 47.7 Å². The number of anilines is 1. The number of nitrogens with zero attached hydrogens (tertiary/aromatic N) is 2. The van der Waals surface area contributed by atoms with Gasteiger partial charge in [-0.15, -0.1) is 6.58 Å². The molecule has 6 nitrogen and oxygen atoms in total. The number of amides is 2. The second-order valence-electron chi connectivity index (χ2n) is 7.28. The zero-order valence-electron chi connectivity index (χ0n) is 18.3. The van der Waals surface area contributed by atoms with E-state index in [0.717, 1.165) is 12.2 Å². The van der Waals surface area contributed by atoms with Crippen LogP contribution in [0.5, 0.6) is 11.5 Å². The average molecular weight is 420 g/mol. The molecule has 0 fully saturated rings. The van der Waals surface area contributed by atoms with Gasteiger partial charge >= 0.3 is 6.03 Å². The van der Waals surface area contributed by atoms with Crippen molar-refractivity contribution < 1.29 is 14.3 Å². The summed E-state index contributed by atoms with van der Waals surface area (Å²) in [5.41, 5.74) is 4.07. The molecule has 6 heteroatoms. The number of nitrogens with one attached hydrogen (secondary N) is 1. The summed E-state index contributed by atoms with van der Waals surface area (Å²) in [6.45, 7) is 7.51. The number of urea groups is 1. The smallest absolute Gasteiger partial charge is 0.322 e. The molecule has 31 heavy (non-hydrogen) atoms. The van der Waals surface area contributed by atoms with E-state index >= 15 is 0 Å². The Hall–Kier alpha value is -3.67. The van der Waals surface area contributed by atoms with Gasteiger partial charge < -0.3 is 24.3 Å². The minimum Gasteiger partial charge on any atom is -0.497 e. The summed E-state index contributed by atoms with van der Waals surface area (Å²) in [5.74, 6) is 1.20. The highest BCUT2D eigenvalue weighted by Crippen LogP contribution is 2.29. The van der Waals surface area contributed by atoms with Crippen LogP contribution in [0.4, 0.5) is 10.5 Å². The molecule has 0 bridgehead atoms. The Bertz CT molecular complexity index is 1040. The maximum atomic E-state index is 13.0. The summed E-state index contributed by atoms with van der Waals surface area (Å²) >= 11 is 0. The quantitative estimate of drug-likeness (QED) is 0.492. The van der Waals surface area contributed by atoms with E-state index in [9.17, 15) is 4.79 Å². The monoisotopic (exact) mass is 419 g/mol. The Morgan fingerprint density at radius 2 is 1.97 bits per heavy atom. The Balaban J connectivity index is 1.75. The number of aryl methyl sites for hydroxylation is 1. The van der Waals surface area contributed by atoms with Crippen LogP contribution >= 0.6 is 0 Å². The van der Waals surface area contributed by atoms with Crippen molar-refractivity contribution in [2.75, 3.05) is 26.1 Å². The van der Waals surface area contributed by atoms with Crippen LogP contribution in [0.25, 0.3) is 0 Å². The Morgan fingerprint density at radius 1 is 1.13 bits per heavy atom. The maximum absolute atomic E-state index is 13.0. The third-order valence-electron chi connectivity index (χ3n) is 5.00. The van der Waals surface area contributed by atoms with Gasteiger partial charge in [0.05, 0.1) is 26.5 Å². The molecule has 0 radical (unpaired) electrons. The molecule has 0 aliphatic carbocycles. The molecule has 0 saturated carbocycles. The zero-order valence-corrected chi connectivity index (χ0v) is 18.3. The summed E-state index contributed by atoms with van der Waals surface area (Å²) in [4.78, 5) is 14.7. The van der Waals surface area contributed by atoms with Gasteiger partial charge in [0, 0.05) is 31.0 Å². The van der Waals surface area contributed by atoms with Gasteiger partial charge in [-0.05, 0) is 36.8 Å². The molecular formula is C25H29N3O3. The number of hydrogen-bond donors (Lipinski definition) is 1. The SMILES string of the molecule is C=CCN(Cc1cccn1Cc1cccc(C)c1)C(=O)Nc1ccc(OC)cc1OC. The van der Waals surface area contributed by atoms with Crippen molar-refractivity contribution in [3.8, 4) is 11.5 Å². The molecule has 0 aliphatic rings. The highest BCUT2D eigenvalue weighted by Gasteiger charge is 2.17. The fourth-order valence-electron chi connectivity index (χ4n) is 3.42. The largest absolute Gasteiger partial charge is 0.497 e. The van der Waals surface area contributed by atoms with Gasteiger partial charge in [0.1, 0.15) is 11.5 Å². The lowest BCUT2D eigenvalue weighted by Crippen LogP contribution is -2.35. The number of methoxy groups -OCH3 is 2. The number of benzene rings is 2. The fourth-order valence-corrected chi connectivity index (χ4v) is 3.42. The molecular weight excluding hydrogens is 390 g/mol. The lowest BCUT2D eigenvalue weighted by atomic mass is 10.1. The van der Waals surface area contributed by atoms with Crippen molar-refractivity contribution in [2.45, 2.75) is 20.0 Å². The molecule has 162 valence electrons. The summed E-state index contributed by atoms with van der Waals surface area (Å²) in [5, 5.41) is 2.94. The number of rotatable bonds is 9. The molecule has 0 atom stereocenters. The Morgan fingerprint density at radius 3 is 2.68 bits per heavy atom. The first-order valence-corrected chi connectivity index (χ1v) is 10.1. The lowest BCUT2D eigenvalue weighted by molar-refractivity contribution is 0.213. The van der Waals surface area contributed by atoms with Crippen LogP contribution in [-0.2, 0) is 13.1 Å². The number of hydrogen-bond acceptors (Lipinski definition) is 3. The van der Waals surface area contributed by atoms with E-state index in [-0.39, 0.29) is 6.03 Å². The van der Waals surface area contributed by atoms with Crippen LogP contribution < -0.4 is 14.8 Å². The van der Waals surface area contributed by atoms with E-state index in [4.69, 9.17) is 9.47 Å². The van der Waals surface area contributed by atoms with Crippen LogP contribution in [0.2, 0.25) is 0 Å². The molecule has 3 aromatic rings. The highest BCUT2D eigenvalue weighted by atomic mass is 16.5. The summed E-state index contributed by atoms with van der Waals surface area (Å²) in [6.07, 6.45) is 3.76. The van der Waals surface area contributed by atoms with Gasteiger partial charge in [0.25, 0.3) is 0 Å². The van der Waals surface area contributed by atoms with Gasteiger partial charge in [0.15, 0.2) is 0 Å². The van der Waals surface area contributed by atoms with Crippen LogP contribution in [-0.4, -0.2) is 36.3 Å². The van der Waals surface area contributed by atoms with Crippen molar-refractivity contribution in [2.24, 2.45) is 0 Å². The molecule has 2 aromatic carbocycles. The van der Waals surface area contributed by atoms with Crippen molar-refractivity contribution in [1.82, 2.24) is 9.47 Å². The lowest BCUT2D eigenvalue weighted by Gasteiger charge is -2.23. The summed E-state index contributed by atoms with van der Waals surface area (Å²) in [7, 11) is 3.15. The third-order valence-corrected chi connectivity index (χ3v) is 5.00. The van der Waals surface area contributed by atoms with E-state index in [1.807, 2.05) is 18.3 Å². The van der Waals surface area contributed by atoms with Crippen LogP contribution in [0.1, 0.15) is 16.8 Å². The minimum absolute atomic E-state index is 0.230. The molecule has 2 amide bonds. The zero-order chi connectivity index (χ0) is 22.2. The number of aromatic nitrogens is 1. The van der Waals surface area contributed by atoms with Crippen molar-refractivity contribution >= 4 is 11.7 Å². The molecule has 1 N–H and O–H groups in total. The normalized spacial score (nSPS) is 10.4. The highest BCUT2D eigenvalue weighted by molar-refractivity contribution is 5.91. The molecule has 1 aromatic heterocycles. The van der Waals surface area contributed by atoms with E-state index in [0.29, 0.717) is 30.3 Å². The Kier molecular flexibility index (Phi) is 7.38. The minimum atomic E-state index is -0.230. The maximum Gasteiger partial charge on any atom is 0.322 e. The predicted molar refractivity (Wildman–Crippen MR) is 124 cm³/mol. The van der Waals surface area contributed by atoms with Crippen molar-refractivity contribution in [3.63, 3.8) is 0 Å². The first kappa shape index (κ1) is 22.0. The number of carbonyl (C=O) groups is 1. The van der Waals surface area contributed by atoms with Crippen molar-refractivity contribution in [3.05, 3.63) is 90.3 Å². The van der Waals surface area contributed by atoms with Crippen LogP contribution in [0, 0.1) is 6.92 Å². The molecule has 0 unspecified atom stereocenters. The summed E-state index contributed by atoms with van der Waals surface area (Å²) < 4.78 is 12.8. The van der Waals surface area contributed by atoms with Gasteiger partial charge in [-0.3, -0.25) is 0 Å². The van der Waals surface area contributed by atoms with Gasteiger partial charge in [0.2, 0.25) is 0 Å². The van der Waals surface area contributed by atoms with Crippen LogP contribution in [0.15, 0.2) is 73.4 Å². The number of carbonyl (C=O) groups excluding carboxylic acids is 1. The van der Waals surface area contributed by atoms with E-state index < -0.39 is 0 Å². The molecule has 1 heterocycles. The fraction of sp³-hybridized carbons (Fsp3) is 0.240. The molecule has 0 aliphatic heterocycles. The van der Waals surface area contributed by atoms with E-state index in [1.165, 1.54) is 11.1 Å². The number of ether oxygens (including phenoxy) is 2. The molecule has 0 saturated heterocycles. The second-order valence-corrected chi connectivity index (χ2v) is 7.28. The van der Waals surface area contributed by atoms with Crippen LogP contribution in [0.3, 0.4) is 0 Å². The first-order chi connectivity index (χ1) is 15.0. The molecule has 0 spiro atoms. The van der Waals surface area contributed by atoms with Crippen molar-refractivity contribution in [1.29, 1.82) is 0 Å². The van der Waals surface area contributed by atoms with Gasteiger partial charge in [-0.2, -0.15) is 0 Å². The third kappa shape index (κ3) is 5.69. The average Bonchev–Trinajstić information content (AvgIpc) is 3.20.